The first-order valence-electron chi connectivity index (χ1n) is 6.02. The monoisotopic (exact) mass is 331 g/mol. The molecule has 0 spiro atoms. The lowest BCUT2D eigenvalue weighted by atomic mass is 10.5. The molecule has 0 unspecified atom stereocenters. The fraction of sp³-hybridized carbons (Fsp3) is 0.700. The van der Waals surface area contributed by atoms with Gasteiger partial charge in [-0.25, -0.2) is 13.1 Å². The summed E-state index contributed by atoms with van der Waals surface area (Å²) in [5.41, 5.74) is 0. The van der Waals surface area contributed by atoms with Gasteiger partial charge in [-0.15, -0.1) is 0 Å². The van der Waals surface area contributed by atoms with Crippen LogP contribution in [0.5, 0.6) is 0 Å². The molecule has 21 heavy (non-hydrogen) atoms. The predicted octanol–water partition coefficient (Wildman–Crippen LogP) is 0.123. The second-order valence-corrected chi connectivity index (χ2v) is 5.85. The zero-order valence-corrected chi connectivity index (χ0v) is 11.8. The highest BCUT2D eigenvalue weighted by molar-refractivity contribution is 7.89. The van der Waals surface area contributed by atoms with Crippen LogP contribution >= 0.6 is 0 Å². The molecular weight excluding hydrogens is 315 g/mol. The van der Waals surface area contributed by atoms with Crippen LogP contribution in [-0.4, -0.2) is 55.8 Å². The molecule has 0 saturated heterocycles. The number of rotatable bonds is 9. The van der Waals surface area contributed by atoms with Crippen LogP contribution in [0, 0.1) is 0 Å². The van der Waals surface area contributed by atoms with E-state index < -0.39 is 29.4 Å². The summed E-state index contributed by atoms with van der Waals surface area (Å²) < 4.78 is 66.7. The summed E-state index contributed by atoms with van der Waals surface area (Å²) >= 11 is 0. The van der Waals surface area contributed by atoms with Crippen molar-refractivity contribution in [1.82, 2.24) is 14.5 Å². The van der Waals surface area contributed by atoms with Crippen molar-refractivity contribution in [3.8, 4) is 0 Å². The molecule has 0 aromatic carbocycles. The van der Waals surface area contributed by atoms with Gasteiger partial charge in [-0.2, -0.15) is 18.3 Å². The van der Waals surface area contributed by atoms with Gasteiger partial charge in [-0.05, 0) is 6.42 Å². The van der Waals surface area contributed by atoms with Crippen LogP contribution in [0.1, 0.15) is 6.42 Å². The van der Waals surface area contributed by atoms with Crippen LogP contribution < -0.4 is 4.72 Å². The number of nitrogens with zero attached hydrogens (tertiary/aromatic N) is 2. The van der Waals surface area contributed by atoms with E-state index in [1.807, 2.05) is 0 Å². The Bertz CT molecular complexity index is 530. The number of aliphatic hydroxyl groups excluding tert-OH is 1. The molecule has 1 rings (SSSR count). The van der Waals surface area contributed by atoms with E-state index in [1.165, 1.54) is 10.9 Å². The van der Waals surface area contributed by atoms with E-state index in [4.69, 9.17) is 5.11 Å². The number of aliphatic hydroxyl groups is 1. The average molecular weight is 331 g/mol. The Labute approximate surface area is 119 Å². The highest BCUT2D eigenvalue weighted by atomic mass is 32.2. The second-order valence-electron chi connectivity index (χ2n) is 4.08. The van der Waals surface area contributed by atoms with E-state index in [9.17, 15) is 21.6 Å². The van der Waals surface area contributed by atoms with Gasteiger partial charge in [0.1, 0.15) is 11.5 Å². The van der Waals surface area contributed by atoms with Crippen LogP contribution in [0.25, 0.3) is 0 Å². The van der Waals surface area contributed by atoms with Crippen molar-refractivity contribution >= 4 is 10.0 Å². The van der Waals surface area contributed by atoms with Gasteiger partial charge < -0.3 is 9.84 Å². The van der Waals surface area contributed by atoms with Crippen LogP contribution in [0.2, 0.25) is 0 Å². The lowest BCUT2D eigenvalue weighted by Crippen LogP contribution is -2.28. The zero-order valence-electron chi connectivity index (χ0n) is 11.0. The smallest absolute Gasteiger partial charge is 0.396 e. The minimum atomic E-state index is -4.44. The Hall–Kier alpha value is -1.17. The highest BCUT2D eigenvalue weighted by Crippen LogP contribution is 2.14. The van der Waals surface area contributed by atoms with Crippen LogP contribution in [-0.2, 0) is 21.3 Å². The molecule has 1 aromatic heterocycles. The lowest BCUT2D eigenvalue weighted by Gasteiger charge is -2.08. The molecule has 2 N–H and O–H groups in total. The highest BCUT2D eigenvalue weighted by Gasteiger charge is 2.27. The summed E-state index contributed by atoms with van der Waals surface area (Å²) in [5.74, 6) is 0. The fourth-order valence-electron chi connectivity index (χ4n) is 1.36. The minimum Gasteiger partial charge on any atom is -0.396 e. The maximum Gasteiger partial charge on any atom is 0.411 e. The number of aromatic nitrogens is 2. The molecule has 0 fully saturated rings. The Morgan fingerprint density at radius 2 is 2.14 bits per heavy atom. The molecule has 0 aliphatic carbocycles. The first-order chi connectivity index (χ1) is 9.74. The van der Waals surface area contributed by atoms with E-state index in [-0.39, 0.29) is 18.0 Å². The maximum atomic E-state index is 11.8. The predicted molar refractivity (Wildman–Crippen MR) is 66.0 cm³/mol. The van der Waals surface area contributed by atoms with Crippen molar-refractivity contribution in [1.29, 1.82) is 0 Å². The number of nitrogens with one attached hydrogen (secondary N) is 1. The Morgan fingerprint density at radius 1 is 1.43 bits per heavy atom. The quantitative estimate of drug-likeness (QED) is 0.627. The maximum absolute atomic E-state index is 11.8. The van der Waals surface area contributed by atoms with Crippen molar-refractivity contribution in [2.75, 3.05) is 26.4 Å². The molecule has 0 bridgehead atoms. The van der Waals surface area contributed by atoms with Crippen molar-refractivity contribution in [2.45, 2.75) is 24.0 Å². The van der Waals surface area contributed by atoms with Gasteiger partial charge in [-0.3, -0.25) is 4.68 Å². The van der Waals surface area contributed by atoms with Gasteiger partial charge in [0.05, 0.1) is 12.8 Å². The Morgan fingerprint density at radius 3 is 2.76 bits per heavy atom. The number of halogens is 3. The van der Waals surface area contributed by atoms with Gasteiger partial charge in [0.2, 0.25) is 10.0 Å². The van der Waals surface area contributed by atoms with E-state index in [1.54, 1.807) is 0 Å². The van der Waals surface area contributed by atoms with E-state index in [0.29, 0.717) is 13.0 Å². The largest absolute Gasteiger partial charge is 0.411 e. The SMILES string of the molecule is O=S(=O)(NCCOCC(F)(F)F)c1cnn(CCCO)c1. The molecular formula is C10H16F3N3O4S. The summed E-state index contributed by atoms with van der Waals surface area (Å²) in [7, 11) is -3.84. The summed E-state index contributed by atoms with van der Waals surface area (Å²) in [6.07, 6.45) is -1.61. The normalized spacial score (nSPS) is 12.8. The van der Waals surface area contributed by atoms with Gasteiger partial charge in [0, 0.05) is 25.9 Å². The molecule has 122 valence electrons. The van der Waals surface area contributed by atoms with Gasteiger partial charge in [-0.1, -0.05) is 0 Å². The molecule has 0 aliphatic rings. The molecule has 0 amide bonds. The summed E-state index contributed by atoms with van der Waals surface area (Å²) in [5, 5.41) is 12.5. The van der Waals surface area contributed by atoms with Crippen molar-refractivity contribution in [2.24, 2.45) is 0 Å². The number of aryl methyl sites for hydroxylation is 1. The van der Waals surface area contributed by atoms with Crippen LogP contribution in [0.3, 0.4) is 0 Å². The second kappa shape index (κ2) is 7.73. The average Bonchev–Trinajstić information content (AvgIpc) is 2.84. The fourth-order valence-corrected chi connectivity index (χ4v) is 2.32. The Balaban J connectivity index is 2.41. The summed E-state index contributed by atoms with van der Waals surface area (Å²) in [6, 6.07) is 0. The third-order valence-electron chi connectivity index (χ3n) is 2.27. The topological polar surface area (TPSA) is 93.5 Å². The molecule has 0 aliphatic heterocycles. The zero-order chi connectivity index (χ0) is 15.9. The number of hydrogen-bond donors (Lipinski definition) is 2. The third kappa shape index (κ3) is 6.89. The van der Waals surface area contributed by atoms with Crippen LogP contribution in [0.15, 0.2) is 17.3 Å². The van der Waals surface area contributed by atoms with Crippen LogP contribution in [0.4, 0.5) is 13.2 Å². The molecule has 7 nitrogen and oxygen atoms in total. The van der Waals surface area contributed by atoms with Gasteiger partial charge in [0.25, 0.3) is 0 Å². The number of ether oxygens (including phenoxy) is 1. The van der Waals surface area contributed by atoms with Crippen molar-refractivity contribution in [3.63, 3.8) is 0 Å². The summed E-state index contributed by atoms with van der Waals surface area (Å²) in [4.78, 5) is -0.101. The Kier molecular flexibility index (Phi) is 6.58. The molecule has 1 heterocycles. The van der Waals surface area contributed by atoms with Gasteiger partial charge in [0.15, 0.2) is 0 Å². The number of alkyl halides is 3. The lowest BCUT2D eigenvalue weighted by molar-refractivity contribution is -0.173. The standard InChI is InChI=1S/C10H16F3N3O4S/c11-10(12,13)8-20-5-2-15-21(18,19)9-6-14-16(7-9)3-1-4-17/h6-7,15,17H,1-5,8H2. The van der Waals surface area contributed by atoms with E-state index >= 15 is 0 Å². The molecule has 11 heteroatoms. The summed E-state index contributed by atoms with van der Waals surface area (Å²) in [6.45, 7) is -1.77. The number of hydrogen-bond acceptors (Lipinski definition) is 5. The molecule has 1 aromatic rings. The minimum absolute atomic E-state index is 0.0449. The molecule has 0 saturated carbocycles. The third-order valence-corrected chi connectivity index (χ3v) is 3.68. The van der Waals surface area contributed by atoms with E-state index in [0.717, 1.165) is 6.20 Å². The first-order valence-corrected chi connectivity index (χ1v) is 7.50. The first kappa shape index (κ1) is 17.9. The van der Waals surface area contributed by atoms with Gasteiger partial charge >= 0.3 is 6.18 Å². The van der Waals surface area contributed by atoms with E-state index in [2.05, 4.69) is 14.6 Å². The van der Waals surface area contributed by atoms with Crippen molar-refractivity contribution in [3.05, 3.63) is 12.4 Å². The van der Waals surface area contributed by atoms with Crippen molar-refractivity contribution < 1.29 is 31.4 Å². The molecule has 0 atom stereocenters. The number of sulfonamides is 1. The molecule has 0 radical (unpaired) electrons.